The molecule has 3 aromatic carbocycles. The summed E-state index contributed by atoms with van der Waals surface area (Å²) >= 11 is 3.11. The van der Waals surface area contributed by atoms with E-state index < -0.39 is 0 Å². The van der Waals surface area contributed by atoms with E-state index in [1.165, 1.54) is 27.8 Å². The van der Waals surface area contributed by atoms with Crippen LogP contribution in [0.2, 0.25) is 0 Å². The van der Waals surface area contributed by atoms with Crippen LogP contribution in [-0.4, -0.2) is 33.7 Å². The van der Waals surface area contributed by atoms with Gasteiger partial charge in [-0.1, -0.05) is 65.9 Å². The van der Waals surface area contributed by atoms with Crippen LogP contribution < -0.4 is 5.43 Å². The summed E-state index contributed by atoms with van der Waals surface area (Å²) in [5.41, 5.74) is 7.96. The van der Waals surface area contributed by atoms with E-state index in [0.29, 0.717) is 6.54 Å². The highest BCUT2D eigenvalue weighted by Crippen LogP contribution is 2.25. The molecule has 1 aromatic heterocycles. The van der Waals surface area contributed by atoms with E-state index in [-0.39, 0.29) is 11.7 Å². The van der Waals surface area contributed by atoms with Gasteiger partial charge >= 0.3 is 0 Å². The van der Waals surface area contributed by atoms with Gasteiger partial charge in [0.1, 0.15) is 0 Å². The highest BCUT2D eigenvalue weighted by atomic mass is 32.2. The van der Waals surface area contributed by atoms with E-state index in [1.807, 2.05) is 48.7 Å². The number of rotatable bonds is 8. The van der Waals surface area contributed by atoms with E-state index in [0.717, 1.165) is 21.8 Å². The third-order valence-electron chi connectivity index (χ3n) is 4.93. The van der Waals surface area contributed by atoms with Crippen LogP contribution in [0, 0.1) is 6.92 Å². The molecule has 0 fully saturated rings. The first-order valence-corrected chi connectivity index (χ1v) is 12.4. The van der Waals surface area contributed by atoms with Crippen LogP contribution in [0.15, 0.2) is 87.9 Å². The Hall–Kier alpha value is -3.03. The first-order chi connectivity index (χ1) is 15.6. The molecule has 0 spiro atoms. The summed E-state index contributed by atoms with van der Waals surface area (Å²) in [4.78, 5) is 18.3. The number of nitrogens with zero attached hydrogens (tertiary/aromatic N) is 3. The number of hydrazone groups is 1. The van der Waals surface area contributed by atoms with Crippen LogP contribution in [0.25, 0.3) is 11.0 Å². The zero-order valence-electron chi connectivity index (χ0n) is 18.0. The number of fused-ring (bicyclic) bond motifs is 1. The fourth-order valence-electron chi connectivity index (χ4n) is 3.22. The van der Waals surface area contributed by atoms with Crippen LogP contribution in [0.1, 0.15) is 16.7 Å². The molecule has 7 heteroatoms. The van der Waals surface area contributed by atoms with Gasteiger partial charge in [0.2, 0.25) is 0 Å². The van der Waals surface area contributed by atoms with Crippen LogP contribution in [-0.2, 0) is 11.3 Å². The Morgan fingerprint density at radius 3 is 2.56 bits per heavy atom. The third kappa shape index (κ3) is 5.60. The van der Waals surface area contributed by atoms with E-state index in [4.69, 9.17) is 4.98 Å². The van der Waals surface area contributed by atoms with Crippen LogP contribution >= 0.6 is 23.5 Å². The SMILES string of the molecule is CSc1ccc(C=NNC(=O)CSc2nc3ccccc3n2Cc2ccc(C)cc2)cc1. The first kappa shape index (κ1) is 22.2. The number of aryl methyl sites for hydroxylation is 1. The predicted octanol–water partition coefficient (Wildman–Crippen LogP) is 5.36. The molecule has 0 saturated heterocycles. The number of thioether (sulfide) groups is 2. The molecule has 0 radical (unpaired) electrons. The number of nitrogens with one attached hydrogen (secondary N) is 1. The largest absolute Gasteiger partial charge is 0.314 e. The van der Waals surface area contributed by atoms with Crippen molar-refractivity contribution in [2.24, 2.45) is 5.10 Å². The van der Waals surface area contributed by atoms with E-state index in [1.54, 1.807) is 18.0 Å². The quantitative estimate of drug-likeness (QED) is 0.219. The van der Waals surface area contributed by atoms with Crippen molar-refractivity contribution in [1.82, 2.24) is 15.0 Å². The lowest BCUT2D eigenvalue weighted by Gasteiger charge is -2.09. The number of hydrogen-bond donors (Lipinski definition) is 1. The molecule has 4 rings (SSSR count). The number of hydrogen-bond acceptors (Lipinski definition) is 5. The van der Waals surface area contributed by atoms with Gasteiger partial charge in [-0.25, -0.2) is 10.4 Å². The van der Waals surface area contributed by atoms with E-state index in [2.05, 4.69) is 52.3 Å². The molecule has 0 bridgehead atoms. The molecule has 162 valence electrons. The highest BCUT2D eigenvalue weighted by Gasteiger charge is 2.13. The summed E-state index contributed by atoms with van der Waals surface area (Å²) in [5, 5.41) is 4.90. The molecule has 0 atom stereocenters. The maximum absolute atomic E-state index is 12.3. The zero-order valence-corrected chi connectivity index (χ0v) is 19.6. The van der Waals surface area contributed by atoms with Crippen molar-refractivity contribution >= 4 is 46.7 Å². The van der Waals surface area contributed by atoms with Crippen molar-refractivity contribution in [3.05, 3.63) is 89.5 Å². The second-order valence-electron chi connectivity index (χ2n) is 7.31. The van der Waals surface area contributed by atoms with Crippen molar-refractivity contribution in [2.45, 2.75) is 23.5 Å². The lowest BCUT2D eigenvalue weighted by atomic mass is 10.1. The standard InChI is InChI=1S/C25H24N4OS2/c1-18-7-9-20(10-8-18)16-29-23-6-4-3-5-22(23)27-25(29)32-17-24(30)28-26-15-19-11-13-21(31-2)14-12-19/h3-15H,16-17H2,1-2H3,(H,28,30). The predicted molar refractivity (Wildman–Crippen MR) is 135 cm³/mol. The maximum atomic E-state index is 12.3. The summed E-state index contributed by atoms with van der Waals surface area (Å²) in [6.45, 7) is 2.78. The minimum Gasteiger partial charge on any atom is -0.314 e. The van der Waals surface area contributed by atoms with Crippen molar-refractivity contribution in [3.8, 4) is 0 Å². The fourth-order valence-corrected chi connectivity index (χ4v) is 4.44. The second kappa shape index (κ2) is 10.5. The number of benzene rings is 3. The molecule has 1 heterocycles. The maximum Gasteiger partial charge on any atom is 0.250 e. The molecule has 1 N–H and O–H groups in total. The molecule has 0 unspecified atom stereocenters. The van der Waals surface area contributed by atoms with Crippen molar-refractivity contribution in [2.75, 3.05) is 12.0 Å². The number of aromatic nitrogens is 2. The Kier molecular flexibility index (Phi) is 7.29. The van der Waals surface area contributed by atoms with Crippen LogP contribution in [0.4, 0.5) is 0 Å². The van der Waals surface area contributed by atoms with Crippen LogP contribution in [0.3, 0.4) is 0 Å². The molecule has 5 nitrogen and oxygen atoms in total. The Morgan fingerprint density at radius 1 is 1.06 bits per heavy atom. The summed E-state index contributed by atoms with van der Waals surface area (Å²) in [6.07, 6.45) is 3.69. The lowest BCUT2D eigenvalue weighted by molar-refractivity contribution is -0.118. The van der Waals surface area contributed by atoms with Crippen LogP contribution in [0.5, 0.6) is 0 Å². The van der Waals surface area contributed by atoms with E-state index in [9.17, 15) is 4.79 Å². The number of amides is 1. The smallest absolute Gasteiger partial charge is 0.250 e. The second-order valence-corrected chi connectivity index (χ2v) is 9.13. The minimum absolute atomic E-state index is 0.166. The molecule has 0 saturated carbocycles. The molecular formula is C25H24N4OS2. The summed E-state index contributed by atoms with van der Waals surface area (Å²) in [7, 11) is 0. The summed E-state index contributed by atoms with van der Waals surface area (Å²) in [6, 6.07) is 24.5. The minimum atomic E-state index is -0.166. The Labute approximate surface area is 196 Å². The summed E-state index contributed by atoms with van der Waals surface area (Å²) < 4.78 is 2.16. The van der Waals surface area contributed by atoms with E-state index >= 15 is 0 Å². The number of para-hydroxylation sites is 2. The average molecular weight is 461 g/mol. The lowest BCUT2D eigenvalue weighted by Crippen LogP contribution is -2.20. The van der Waals surface area contributed by atoms with Crippen molar-refractivity contribution in [1.29, 1.82) is 0 Å². The van der Waals surface area contributed by atoms with Gasteiger partial charge in [-0.15, -0.1) is 11.8 Å². The number of carbonyl (C=O) groups is 1. The topological polar surface area (TPSA) is 59.3 Å². The van der Waals surface area contributed by atoms with Gasteiger partial charge in [-0.3, -0.25) is 4.79 Å². The normalized spacial score (nSPS) is 11.3. The highest BCUT2D eigenvalue weighted by molar-refractivity contribution is 7.99. The Bertz CT molecular complexity index is 1230. The Balaban J connectivity index is 1.42. The first-order valence-electron chi connectivity index (χ1n) is 10.2. The van der Waals surface area contributed by atoms with Gasteiger partial charge in [0.15, 0.2) is 5.16 Å². The van der Waals surface area contributed by atoms with Crippen molar-refractivity contribution < 1.29 is 4.79 Å². The van der Waals surface area contributed by atoms with Crippen molar-refractivity contribution in [3.63, 3.8) is 0 Å². The van der Waals surface area contributed by atoms with Gasteiger partial charge in [0.05, 0.1) is 29.5 Å². The Morgan fingerprint density at radius 2 is 1.81 bits per heavy atom. The monoisotopic (exact) mass is 460 g/mol. The fraction of sp³-hybridized carbons (Fsp3) is 0.160. The molecule has 0 aliphatic heterocycles. The molecule has 4 aromatic rings. The molecule has 0 aliphatic carbocycles. The molecular weight excluding hydrogens is 436 g/mol. The molecule has 1 amide bonds. The third-order valence-corrected chi connectivity index (χ3v) is 6.65. The summed E-state index contributed by atoms with van der Waals surface area (Å²) in [5.74, 6) is 0.0703. The molecule has 0 aliphatic rings. The number of carbonyl (C=O) groups excluding carboxylic acids is 1. The average Bonchev–Trinajstić information content (AvgIpc) is 3.17. The van der Waals surface area contributed by atoms with Gasteiger partial charge in [0.25, 0.3) is 5.91 Å². The van der Waals surface area contributed by atoms with Gasteiger partial charge in [0, 0.05) is 4.90 Å². The van der Waals surface area contributed by atoms with Gasteiger partial charge in [-0.05, 0) is 48.6 Å². The van der Waals surface area contributed by atoms with Gasteiger partial charge in [-0.2, -0.15) is 5.10 Å². The van der Waals surface area contributed by atoms with Gasteiger partial charge < -0.3 is 4.57 Å². The number of imidazole rings is 1. The molecule has 32 heavy (non-hydrogen) atoms. The zero-order chi connectivity index (χ0) is 22.3.